The van der Waals surface area contributed by atoms with Crippen molar-refractivity contribution in [2.75, 3.05) is 0 Å². The van der Waals surface area contributed by atoms with Crippen LogP contribution >= 0.6 is 33.9 Å². The van der Waals surface area contributed by atoms with Crippen LogP contribution in [0, 0.1) is 3.57 Å². The van der Waals surface area contributed by atoms with Crippen LogP contribution in [0.5, 0.6) is 0 Å². The Kier molecular flexibility index (Phi) is 4.24. The third kappa shape index (κ3) is 3.20. The van der Waals surface area contributed by atoms with Crippen molar-refractivity contribution in [3.63, 3.8) is 0 Å². The number of hydrogen-bond donors (Lipinski definition) is 1. The van der Waals surface area contributed by atoms with E-state index < -0.39 is 0 Å². The molecule has 0 bridgehead atoms. The Hall–Kier alpha value is -0.390. The van der Waals surface area contributed by atoms with E-state index in [1.165, 1.54) is 45.3 Å². The second kappa shape index (κ2) is 5.94. The molecular weight excluding hydrogens is 367 g/mol. The van der Waals surface area contributed by atoms with E-state index in [2.05, 4.69) is 52.9 Å². The maximum Gasteiger partial charge on any atom is 0.0922 e. The predicted molar refractivity (Wildman–Crippen MR) is 88.8 cm³/mol. The highest BCUT2D eigenvalue weighted by atomic mass is 127. The molecule has 1 nitrogen and oxygen atoms in total. The molecule has 1 unspecified atom stereocenters. The number of aliphatic hydroxyl groups is 1. The Morgan fingerprint density at radius 2 is 1.89 bits per heavy atom. The highest BCUT2D eigenvalue weighted by Gasteiger charge is 2.17. The van der Waals surface area contributed by atoms with Gasteiger partial charge < -0.3 is 5.11 Å². The number of fused-ring (bicyclic) bond motifs is 1. The summed E-state index contributed by atoms with van der Waals surface area (Å²) in [6.07, 6.45) is 5.38. The zero-order valence-corrected chi connectivity index (χ0v) is 13.7. The fourth-order valence-corrected chi connectivity index (χ4v) is 4.23. The summed E-state index contributed by atoms with van der Waals surface area (Å²) in [7, 11) is 0. The standard InChI is InChI=1S/C16H17IOS/c17-13-7-5-11(6-8-13)9-14(18)16-10-12-3-1-2-4-15(12)19-16/h5-8,10,14,18H,1-4,9H2. The monoisotopic (exact) mass is 384 g/mol. The van der Waals surface area contributed by atoms with Gasteiger partial charge in [0.05, 0.1) is 6.10 Å². The van der Waals surface area contributed by atoms with Gasteiger partial charge in [0, 0.05) is 19.7 Å². The van der Waals surface area contributed by atoms with Gasteiger partial charge in [-0.25, -0.2) is 0 Å². The number of thiophene rings is 1. The van der Waals surface area contributed by atoms with Crippen LogP contribution in [0.4, 0.5) is 0 Å². The number of aliphatic hydroxyl groups excluding tert-OH is 1. The lowest BCUT2D eigenvalue weighted by molar-refractivity contribution is 0.182. The predicted octanol–water partition coefficient (Wildman–Crippen LogP) is 4.51. The van der Waals surface area contributed by atoms with Gasteiger partial charge in [-0.1, -0.05) is 12.1 Å². The van der Waals surface area contributed by atoms with Crippen LogP contribution in [-0.2, 0) is 19.3 Å². The fourth-order valence-electron chi connectivity index (χ4n) is 2.62. The molecule has 0 saturated heterocycles. The third-order valence-electron chi connectivity index (χ3n) is 3.69. The lowest BCUT2D eigenvalue weighted by atomic mass is 9.98. The first kappa shape index (κ1) is 13.6. The summed E-state index contributed by atoms with van der Waals surface area (Å²) in [5.74, 6) is 0. The highest BCUT2D eigenvalue weighted by Crippen LogP contribution is 2.34. The SMILES string of the molecule is OC(Cc1ccc(I)cc1)c1cc2c(s1)CCCC2. The topological polar surface area (TPSA) is 20.2 Å². The molecule has 0 aliphatic heterocycles. The van der Waals surface area contributed by atoms with Crippen LogP contribution in [0.1, 0.15) is 39.8 Å². The molecule has 1 aromatic heterocycles. The quantitative estimate of drug-likeness (QED) is 0.773. The molecular formula is C16H17IOS. The molecule has 0 amide bonds. The smallest absolute Gasteiger partial charge is 0.0922 e. The lowest BCUT2D eigenvalue weighted by Gasteiger charge is -2.08. The van der Waals surface area contributed by atoms with Crippen molar-refractivity contribution in [1.29, 1.82) is 0 Å². The summed E-state index contributed by atoms with van der Waals surface area (Å²) in [5, 5.41) is 10.4. The van der Waals surface area contributed by atoms with Gasteiger partial charge in [0.25, 0.3) is 0 Å². The summed E-state index contributed by atoms with van der Waals surface area (Å²) in [4.78, 5) is 2.65. The zero-order chi connectivity index (χ0) is 13.2. The molecule has 1 aliphatic carbocycles. The van der Waals surface area contributed by atoms with Crippen LogP contribution in [0.2, 0.25) is 0 Å². The molecule has 0 spiro atoms. The molecule has 1 aromatic carbocycles. The first-order valence-electron chi connectivity index (χ1n) is 6.76. The Bertz CT molecular complexity index is 535. The Labute approximate surface area is 131 Å². The van der Waals surface area contributed by atoms with Gasteiger partial charge in [-0.2, -0.15) is 0 Å². The molecule has 19 heavy (non-hydrogen) atoms. The minimum Gasteiger partial charge on any atom is -0.387 e. The van der Waals surface area contributed by atoms with Crippen molar-refractivity contribution in [3.05, 3.63) is 54.8 Å². The van der Waals surface area contributed by atoms with Gasteiger partial charge >= 0.3 is 0 Å². The zero-order valence-electron chi connectivity index (χ0n) is 10.7. The molecule has 1 heterocycles. The third-order valence-corrected chi connectivity index (χ3v) is 5.74. The molecule has 0 radical (unpaired) electrons. The van der Waals surface area contributed by atoms with Crippen molar-refractivity contribution in [1.82, 2.24) is 0 Å². The molecule has 3 rings (SSSR count). The molecule has 1 aliphatic rings. The second-order valence-electron chi connectivity index (χ2n) is 5.15. The molecule has 0 fully saturated rings. The van der Waals surface area contributed by atoms with E-state index in [4.69, 9.17) is 0 Å². The van der Waals surface area contributed by atoms with Crippen molar-refractivity contribution in [2.45, 2.75) is 38.2 Å². The van der Waals surface area contributed by atoms with Crippen molar-refractivity contribution < 1.29 is 5.11 Å². The minimum absolute atomic E-state index is 0.351. The first-order valence-corrected chi connectivity index (χ1v) is 8.66. The molecule has 100 valence electrons. The largest absolute Gasteiger partial charge is 0.387 e. The Morgan fingerprint density at radius 1 is 1.16 bits per heavy atom. The fraction of sp³-hybridized carbons (Fsp3) is 0.375. The number of halogens is 1. The summed E-state index contributed by atoms with van der Waals surface area (Å²) in [6.45, 7) is 0. The minimum atomic E-state index is -0.351. The maximum absolute atomic E-state index is 10.4. The summed E-state index contributed by atoms with van der Waals surface area (Å²) in [6, 6.07) is 10.7. The van der Waals surface area contributed by atoms with E-state index in [-0.39, 0.29) is 6.10 Å². The normalized spacial score (nSPS) is 16.1. The molecule has 0 saturated carbocycles. The summed E-state index contributed by atoms with van der Waals surface area (Å²) < 4.78 is 1.24. The highest BCUT2D eigenvalue weighted by molar-refractivity contribution is 14.1. The molecule has 2 aromatic rings. The second-order valence-corrected chi connectivity index (χ2v) is 7.56. The number of rotatable bonds is 3. The van der Waals surface area contributed by atoms with Crippen molar-refractivity contribution in [3.8, 4) is 0 Å². The average Bonchev–Trinajstić information content (AvgIpc) is 2.85. The van der Waals surface area contributed by atoms with E-state index in [1.54, 1.807) is 0 Å². The number of hydrogen-bond acceptors (Lipinski definition) is 2. The van der Waals surface area contributed by atoms with Crippen LogP contribution in [0.15, 0.2) is 30.3 Å². The number of aryl methyl sites for hydroxylation is 2. The molecule has 1 N–H and O–H groups in total. The summed E-state index contributed by atoms with van der Waals surface area (Å²) >= 11 is 4.12. The van der Waals surface area contributed by atoms with Gasteiger partial charge in [0.15, 0.2) is 0 Å². The Balaban J connectivity index is 1.74. The van der Waals surface area contributed by atoms with Crippen molar-refractivity contribution >= 4 is 33.9 Å². The van der Waals surface area contributed by atoms with E-state index in [0.717, 1.165) is 11.3 Å². The number of benzene rings is 1. The van der Waals surface area contributed by atoms with Crippen molar-refractivity contribution in [2.24, 2.45) is 0 Å². The summed E-state index contributed by atoms with van der Waals surface area (Å²) in [5.41, 5.74) is 2.69. The Morgan fingerprint density at radius 3 is 2.63 bits per heavy atom. The maximum atomic E-state index is 10.4. The van der Waals surface area contributed by atoms with Crippen LogP contribution in [0.25, 0.3) is 0 Å². The molecule has 3 heteroatoms. The lowest BCUT2D eigenvalue weighted by Crippen LogP contribution is -1.99. The van der Waals surface area contributed by atoms with Crippen LogP contribution in [-0.4, -0.2) is 5.11 Å². The van der Waals surface area contributed by atoms with Gasteiger partial charge in [-0.05, 0) is 77.6 Å². The van der Waals surface area contributed by atoms with Gasteiger partial charge in [0.1, 0.15) is 0 Å². The van der Waals surface area contributed by atoms with Gasteiger partial charge in [-0.15, -0.1) is 11.3 Å². The van der Waals surface area contributed by atoms with E-state index in [9.17, 15) is 5.11 Å². The van der Waals surface area contributed by atoms with E-state index in [1.807, 2.05) is 11.3 Å². The van der Waals surface area contributed by atoms with E-state index >= 15 is 0 Å². The van der Waals surface area contributed by atoms with Crippen LogP contribution < -0.4 is 0 Å². The van der Waals surface area contributed by atoms with Gasteiger partial charge in [0.2, 0.25) is 0 Å². The van der Waals surface area contributed by atoms with Gasteiger partial charge in [-0.3, -0.25) is 0 Å². The molecule has 1 atom stereocenters. The van der Waals surface area contributed by atoms with Crippen LogP contribution in [0.3, 0.4) is 0 Å². The van der Waals surface area contributed by atoms with E-state index in [0.29, 0.717) is 0 Å². The average molecular weight is 384 g/mol. The first-order chi connectivity index (χ1) is 9.22.